The van der Waals surface area contributed by atoms with Crippen molar-refractivity contribution in [3.05, 3.63) is 35.9 Å². The van der Waals surface area contributed by atoms with Gasteiger partial charge >= 0.3 is 0 Å². The molecule has 2 saturated heterocycles. The van der Waals surface area contributed by atoms with E-state index in [0.29, 0.717) is 24.5 Å². The molecule has 2 aliphatic heterocycles. The second kappa shape index (κ2) is 4.49. The molecule has 0 bridgehead atoms. The van der Waals surface area contributed by atoms with Crippen molar-refractivity contribution in [3.63, 3.8) is 0 Å². The van der Waals surface area contributed by atoms with E-state index in [1.807, 2.05) is 6.07 Å². The SMILES string of the molecule is O=C1CCCC2NC(c3ccccc3)CC2N1. The highest BCUT2D eigenvalue weighted by Gasteiger charge is 2.36. The summed E-state index contributed by atoms with van der Waals surface area (Å²) in [4.78, 5) is 11.5. The van der Waals surface area contributed by atoms with Crippen LogP contribution in [0, 0.1) is 0 Å². The van der Waals surface area contributed by atoms with Crippen LogP contribution in [-0.4, -0.2) is 18.0 Å². The molecule has 0 saturated carbocycles. The maximum Gasteiger partial charge on any atom is 0.220 e. The summed E-state index contributed by atoms with van der Waals surface area (Å²) < 4.78 is 0. The summed E-state index contributed by atoms with van der Waals surface area (Å²) in [6, 6.07) is 11.7. The van der Waals surface area contributed by atoms with Crippen LogP contribution in [0.3, 0.4) is 0 Å². The van der Waals surface area contributed by atoms with Crippen LogP contribution in [0.1, 0.15) is 37.3 Å². The summed E-state index contributed by atoms with van der Waals surface area (Å²) in [6.45, 7) is 0. The largest absolute Gasteiger partial charge is 0.352 e. The number of amides is 1. The van der Waals surface area contributed by atoms with E-state index in [1.165, 1.54) is 5.56 Å². The fourth-order valence-electron chi connectivity index (χ4n) is 2.98. The molecule has 2 N–H and O–H groups in total. The summed E-state index contributed by atoms with van der Waals surface area (Å²) in [6.07, 6.45) is 3.80. The van der Waals surface area contributed by atoms with Crippen LogP contribution >= 0.6 is 0 Å². The number of benzene rings is 1. The zero-order valence-electron chi connectivity index (χ0n) is 9.86. The summed E-state index contributed by atoms with van der Waals surface area (Å²) in [7, 11) is 0. The summed E-state index contributed by atoms with van der Waals surface area (Å²) in [5.74, 6) is 0.216. The Kier molecular flexibility index (Phi) is 2.85. The van der Waals surface area contributed by atoms with E-state index in [1.54, 1.807) is 0 Å². The van der Waals surface area contributed by atoms with E-state index in [-0.39, 0.29) is 5.91 Å². The van der Waals surface area contributed by atoms with Crippen molar-refractivity contribution in [1.29, 1.82) is 0 Å². The van der Waals surface area contributed by atoms with Gasteiger partial charge in [0.05, 0.1) is 0 Å². The molecule has 0 aliphatic carbocycles. The Balaban J connectivity index is 1.75. The molecule has 3 unspecified atom stereocenters. The number of fused-ring (bicyclic) bond motifs is 1. The maximum absolute atomic E-state index is 11.5. The first-order chi connectivity index (χ1) is 8.33. The molecule has 17 heavy (non-hydrogen) atoms. The smallest absolute Gasteiger partial charge is 0.220 e. The van der Waals surface area contributed by atoms with Gasteiger partial charge in [-0.15, -0.1) is 0 Å². The first kappa shape index (κ1) is 10.8. The molecule has 0 radical (unpaired) electrons. The molecule has 3 atom stereocenters. The van der Waals surface area contributed by atoms with Gasteiger partial charge in [0.1, 0.15) is 0 Å². The summed E-state index contributed by atoms with van der Waals surface area (Å²) >= 11 is 0. The van der Waals surface area contributed by atoms with Crippen molar-refractivity contribution in [1.82, 2.24) is 10.6 Å². The highest BCUT2D eigenvalue weighted by molar-refractivity contribution is 5.76. The van der Waals surface area contributed by atoms with E-state index in [0.717, 1.165) is 19.3 Å². The molecule has 2 aliphatic rings. The van der Waals surface area contributed by atoms with Crippen molar-refractivity contribution < 1.29 is 4.79 Å². The first-order valence-electron chi connectivity index (χ1n) is 6.43. The Labute approximate surface area is 102 Å². The first-order valence-corrected chi connectivity index (χ1v) is 6.43. The molecule has 3 heteroatoms. The van der Waals surface area contributed by atoms with Crippen molar-refractivity contribution in [2.24, 2.45) is 0 Å². The van der Waals surface area contributed by atoms with Crippen molar-refractivity contribution in [2.45, 2.75) is 43.8 Å². The third kappa shape index (κ3) is 2.20. The predicted molar refractivity (Wildman–Crippen MR) is 66.5 cm³/mol. The number of carbonyl (C=O) groups is 1. The number of rotatable bonds is 1. The van der Waals surface area contributed by atoms with Crippen LogP contribution in [0.4, 0.5) is 0 Å². The van der Waals surface area contributed by atoms with E-state index >= 15 is 0 Å². The minimum atomic E-state index is 0.216. The average Bonchev–Trinajstić information content (AvgIpc) is 2.66. The van der Waals surface area contributed by atoms with Gasteiger partial charge in [-0.2, -0.15) is 0 Å². The third-order valence-electron chi connectivity index (χ3n) is 3.86. The zero-order valence-corrected chi connectivity index (χ0v) is 9.86. The molecule has 2 heterocycles. The number of hydrogen-bond acceptors (Lipinski definition) is 2. The van der Waals surface area contributed by atoms with Crippen LogP contribution in [-0.2, 0) is 4.79 Å². The quantitative estimate of drug-likeness (QED) is 0.772. The highest BCUT2D eigenvalue weighted by atomic mass is 16.1. The normalized spacial score (nSPS) is 32.7. The molecule has 0 aromatic heterocycles. The Morgan fingerprint density at radius 2 is 1.94 bits per heavy atom. The van der Waals surface area contributed by atoms with Gasteiger partial charge in [-0.3, -0.25) is 4.79 Å². The lowest BCUT2D eigenvalue weighted by Gasteiger charge is -2.16. The molecule has 1 aromatic carbocycles. The Morgan fingerprint density at radius 1 is 1.12 bits per heavy atom. The van der Waals surface area contributed by atoms with Gasteiger partial charge in [0, 0.05) is 24.5 Å². The number of carbonyl (C=O) groups excluding carboxylic acids is 1. The van der Waals surface area contributed by atoms with Gasteiger partial charge in [0.25, 0.3) is 0 Å². The standard InChI is InChI=1S/C14H18N2O/c17-14-8-4-7-11-13(16-14)9-12(15-11)10-5-2-1-3-6-10/h1-3,5-6,11-13,15H,4,7-9H2,(H,16,17). The van der Waals surface area contributed by atoms with Gasteiger partial charge in [-0.05, 0) is 24.8 Å². The molecule has 3 rings (SSSR count). The molecule has 90 valence electrons. The van der Waals surface area contributed by atoms with Crippen LogP contribution in [0.25, 0.3) is 0 Å². The monoisotopic (exact) mass is 230 g/mol. The van der Waals surface area contributed by atoms with E-state index in [9.17, 15) is 4.79 Å². The lowest BCUT2D eigenvalue weighted by molar-refractivity contribution is -0.121. The molecule has 2 fully saturated rings. The predicted octanol–water partition coefficient (Wildman–Crippen LogP) is 1.76. The molecule has 3 nitrogen and oxygen atoms in total. The van der Waals surface area contributed by atoms with Crippen LogP contribution < -0.4 is 10.6 Å². The molecule has 1 amide bonds. The Bertz CT molecular complexity index is 404. The lowest BCUT2D eigenvalue weighted by atomic mass is 10.0. The average molecular weight is 230 g/mol. The molecule has 1 aromatic rings. The molecule has 0 spiro atoms. The fraction of sp³-hybridized carbons (Fsp3) is 0.500. The van der Waals surface area contributed by atoms with E-state index in [2.05, 4.69) is 34.9 Å². The number of hydrogen-bond donors (Lipinski definition) is 2. The maximum atomic E-state index is 11.5. The minimum absolute atomic E-state index is 0.216. The van der Waals surface area contributed by atoms with Gasteiger partial charge in [0.2, 0.25) is 5.91 Å². The van der Waals surface area contributed by atoms with E-state index < -0.39 is 0 Å². The summed E-state index contributed by atoms with van der Waals surface area (Å²) in [5.41, 5.74) is 1.33. The zero-order chi connectivity index (χ0) is 11.7. The van der Waals surface area contributed by atoms with Gasteiger partial charge in [0.15, 0.2) is 0 Å². The van der Waals surface area contributed by atoms with Gasteiger partial charge in [-0.25, -0.2) is 0 Å². The molecular formula is C14H18N2O. The van der Waals surface area contributed by atoms with E-state index in [4.69, 9.17) is 0 Å². The van der Waals surface area contributed by atoms with Crippen molar-refractivity contribution in [3.8, 4) is 0 Å². The molecular weight excluding hydrogens is 212 g/mol. The third-order valence-corrected chi connectivity index (χ3v) is 3.86. The Hall–Kier alpha value is -1.35. The van der Waals surface area contributed by atoms with Crippen molar-refractivity contribution in [2.75, 3.05) is 0 Å². The Morgan fingerprint density at radius 3 is 2.76 bits per heavy atom. The lowest BCUT2D eigenvalue weighted by Crippen LogP contribution is -2.40. The van der Waals surface area contributed by atoms with Gasteiger partial charge < -0.3 is 10.6 Å². The minimum Gasteiger partial charge on any atom is -0.352 e. The fourth-order valence-corrected chi connectivity index (χ4v) is 2.98. The highest BCUT2D eigenvalue weighted by Crippen LogP contribution is 2.30. The van der Waals surface area contributed by atoms with Crippen molar-refractivity contribution >= 4 is 5.91 Å². The second-order valence-corrected chi connectivity index (χ2v) is 5.04. The van der Waals surface area contributed by atoms with Crippen LogP contribution in [0.5, 0.6) is 0 Å². The number of nitrogens with one attached hydrogen (secondary N) is 2. The topological polar surface area (TPSA) is 41.1 Å². The summed E-state index contributed by atoms with van der Waals surface area (Å²) in [5, 5.41) is 6.79. The van der Waals surface area contributed by atoms with Crippen LogP contribution in [0.15, 0.2) is 30.3 Å². The van der Waals surface area contributed by atoms with Gasteiger partial charge in [-0.1, -0.05) is 30.3 Å². The van der Waals surface area contributed by atoms with Crippen LogP contribution in [0.2, 0.25) is 0 Å². The second-order valence-electron chi connectivity index (χ2n) is 5.04.